The number of rotatable bonds is 6. The number of thiazole rings is 1. The average molecular weight is 386 g/mol. The van der Waals surface area contributed by atoms with Crippen LogP contribution in [0.1, 0.15) is 29.1 Å². The number of ether oxygens (including phenoxy) is 4. The summed E-state index contributed by atoms with van der Waals surface area (Å²) < 4.78 is 22.6. The van der Waals surface area contributed by atoms with Crippen LogP contribution in [0.4, 0.5) is 5.13 Å². The van der Waals surface area contributed by atoms with Crippen LogP contribution in [-0.4, -0.2) is 31.8 Å². The van der Waals surface area contributed by atoms with Crippen molar-refractivity contribution in [3.05, 3.63) is 41.5 Å². The third kappa shape index (κ3) is 3.02. The standard InChI is InChI=1S/C19H18N2O5S/c1-4-25-10-5-8-14-12(9-10)20-19(27-14)21-17-11-6-7-13(23-2)16(24-3)15(11)18(22)26-17/h5-9,17H,4H2,1-3H3,(H,20,21)/t17-/m0/s1. The van der Waals surface area contributed by atoms with Crippen molar-refractivity contribution in [1.29, 1.82) is 0 Å². The van der Waals surface area contributed by atoms with Gasteiger partial charge in [-0.25, -0.2) is 9.78 Å². The van der Waals surface area contributed by atoms with Crippen molar-refractivity contribution in [1.82, 2.24) is 4.98 Å². The number of hydrogen-bond acceptors (Lipinski definition) is 8. The monoisotopic (exact) mass is 386 g/mol. The molecule has 3 aromatic rings. The summed E-state index contributed by atoms with van der Waals surface area (Å²) in [6, 6.07) is 9.31. The zero-order valence-corrected chi connectivity index (χ0v) is 15.9. The van der Waals surface area contributed by atoms with E-state index in [0.29, 0.717) is 34.4 Å². The van der Waals surface area contributed by atoms with E-state index in [2.05, 4.69) is 10.3 Å². The first-order valence-corrected chi connectivity index (χ1v) is 9.22. The molecule has 2 heterocycles. The molecule has 1 atom stereocenters. The van der Waals surface area contributed by atoms with Gasteiger partial charge in [0.25, 0.3) is 0 Å². The summed E-state index contributed by atoms with van der Waals surface area (Å²) in [4.78, 5) is 16.9. The molecule has 0 amide bonds. The number of fused-ring (bicyclic) bond motifs is 2. The Morgan fingerprint density at radius 2 is 2.07 bits per heavy atom. The fraction of sp³-hybridized carbons (Fsp3) is 0.263. The van der Waals surface area contributed by atoms with Gasteiger partial charge in [-0.2, -0.15) is 0 Å². The largest absolute Gasteiger partial charge is 0.494 e. The molecular formula is C19H18N2O5S. The first kappa shape index (κ1) is 17.4. The van der Waals surface area contributed by atoms with E-state index in [1.165, 1.54) is 25.6 Å². The lowest BCUT2D eigenvalue weighted by Crippen LogP contribution is -2.09. The zero-order chi connectivity index (χ0) is 19.0. The molecule has 8 heteroatoms. The van der Waals surface area contributed by atoms with Crippen molar-refractivity contribution in [3.63, 3.8) is 0 Å². The van der Waals surface area contributed by atoms with E-state index in [1.54, 1.807) is 12.1 Å². The summed E-state index contributed by atoms with van der Waals surface area (Å²) in [5.74, 6) is 1.17. The van der Waals surface area contributed by atoms with E-state index in [0.717, 1.165) is 16.0 Å². The molecule has 1 aromatic heterocycles. The van der Waals surface area contributed by atoms with Crippen LogP contribution in [0.15, 0.2) is 30.3 Å². The second kappa shape index (κ2) is 6.96. The van der Waals surface area contributed by atoms with Gasteiger partial charge >= 0.3 is 5.97 Å². The molecule has 0 aliphatic carbocycles. The smallest absolute Gasteiger partial charge is 0.344 e. The number of anilines is 1. The van der Waals surface area contributed by atoms with Gasteiger partial charge in [-0.05, 0) is 31.2 Å². The molecule has 0 unspecified atom stereocenters. The summed E-state index contributed by atoms with van der Waals surface area (Å²) in [7, 11) is 3.02. The zero-order valence-electron chi connectivity index (χ0n) is 15.1. The predicted octanol–water partition coefficient (Wildman–Crippen LogP) is 3.99. The fourth-order valence-corrected chi connectivity index (χ4v) is 3.91. The number of cyclic esters (lactones) is 1. The van der Waals surface area contributed by atoms with E-state index in [1.807, 2.05) is 25.1 Å². The second-order valence-electron chi connectivity index (χ2n) is 5.78. The Morgan fingerprint density at radius 1 is 1.22 bits per heavy atom. The first-order chi connectivity index (χ1) is 13.1. The van der Waals surface area contributed by atoms with Crippen LogP contribution in [0, 0.1) is 0 Å². The Labute approximate surface area is 159 Å². The molecule has 0 fully saturated rings. The van der Waals surface area contributed by atoms with Crippen LogP contribution in [0.3, 0.4) is 0 Å². The highest BCUT2D eigenvalue weighted by Gasteiger charge is 2.36. The number of benzene rings is 2. The maximum Gasteiger partial charge on any atom is 0.344 e. The Hall–Kier alpha value is -3.00. The van der Waals surface area contributed by atoms with Crippen LogP contribution in [0.2, 0.25) is 0 Å². The van der Waals surface area contributed by atoms with Gasteiger partial charge < -0.3 is 24.3 Å². The molecule has 0 saturated heterocycles. The molecule has 27 heavy (non-hydrogen) atoms. The molecule has 1 aliphatic heterocycles. The third-order valence-electron chi connectivity index (χ3n) is 4.21. The maximum absolute atomic E-state index is 12.4. The molecule has 1 N–H and O–H groups in total. The van der Waals surface area contributed by atoms with Gasteiger partial charge in [0.15, 0.2) is 16.6 Å². The van der Waals surface area contributed by atoms with Crippen molar-refractivity contribution in [2.45, 2.75) is 13.2 Å². The van der Waals surface area contributed by atoms with Gasteiger partial charge in [-0.3, -0.25) is 0 Å². The molecule has 0 bridgehead atoms. The molecule has 2 aromatic carbocycles. The van der Waals surface area contributed by atoms with Crippen LogP contribution in [-0.2, 0) is 4.74 Å². The molecule has 4 rings (SSSR count). The summed E-state index contributed by atoms with van der Waals surface area (Å²) in [5, 5.41) is 3.84. The molecular weight excluding hydrogens is 368 g/mol. The molecule has 0 saturated carbocycles. The van der Waals surface area contributed by atoms with E-state index in [4.69, 9.17) is 18.9 Å². The van der Waals surface area contributed by atoms with Crippen molar-refractivity contribution in [2.24, 2.45) is 0 Å². The number of esters is 1. The summed E-state index contributed by atoms with van der Waals surface area (Å²) in [5.41, 5.74) is 1.88. The Morgan fingerprint density at radius 3 is 2.81 bits per heavy atom. The normalized spacial score (nSPS) is 15.4. The number of aromatic nitrogens is 1. The summed E-state index contributed by atoms with van der Waals surface area (Å²) in [6.07, 6.45) is -0.640. The third-order valence-corrected chi connectivity index (χ3v) is 5.18. The fourth-order valence-electron chi connectivity index (χ4n) is 3.05. The average Bonchev–Trinajstić information content (AvgIpc) is 3.21. The lowest BCUT2D eigenvalue weighted by Gasteiger charge is -2.13. The number of nitrogens with zero attached hydrogens (tertiary/aromatic N) is 1. The summed E-state index contributed by atoms with van der Waals surface area (Å²) in [6.45, 7) is 2.54. The Balaban J connectivity index is 1.65. The van der Waals surface area contributed by atoms with Gasteiger partial charge in [0.05, 0.1) is 31.0 Å². The number of methoxy groups -OCH3 is 2. The van der Waals surface area contributed by atoms with E-state index < -0.39 is 12.2 Å². The van der Waals surface area contributed by atoms with Gasteiger partial charge in [0, 0.05) is 11.6 Å². The highest BCUT2D eigenvalue weighted by Crippen LogP contribution is 2.42. The van der Waals surface area contributed by atoms with E-state index in [9.17, 15) is 4.79 Å². The number of hydrogen-bond donors (Lipinski definition) is 1. The van der Waals surface area contributed by atoms with Crippen molar-refractivity contribution in [2.75, 3.05) is 26.1 Å². The van der Waals surface area contributed by atoms with E-state index >= 15 is 0 Å². The second-order valence-corrected chi connectivity index (χ2v) is 6.81. The maximum atomic E-state index is 12.4. The Bertz CT molecular complexity index is 1020. The molecule has 0 radical (unpaired) electrons. The van der Waals surface area contributed by atoms with Crippen LogP contribution in [0.25, 0.3) is 10.2 Å². The first-order valence-electron chi connectivity index (χ1n) is 8.40. The van der Waals surface area contributed by atoms with Gasteiger partial charge in [0.1, 0.15) is 11.3 Å². The van der Waals surface area contributed by atoms with Crippen LogP contribution in [0.5, 0.6) is 17.2 Å². The van der Waals surface area contributed by atoms with Gasteiger partial charge in [0.2, 0.25) is 6.23 Å². The molecule has 0 spiro atoms. The molecule has 7 nitrogen and oxygen atoms in total. The van der Waals surface area contributed by atoms with Crippen LogP contribution < -0.4 is 19.5 Å². The highest BCUT2D eigenvalue weighted by molar-refractivity contribution is 7.22. The van der Waals surface area contributed by atoms with Gasteiger partial charge in [-0.1, -0.05) is 11.3 Å². The lowest BCUT2D eigenvalue weighted by molar-refractivity contribution is 0.0435. The molecule has 1 aliphatic rings. The quantitative estimate of drug-likeness (QED) is 0.642. The van der Waals surface area contributed by atoms with Crippen molar-refractivity contribution >= 4 is 32.7 Å². The van der Waals surface area contributed by atoms with Crippen LogP contribution >= 0.6 is 11.3 Å². The minimum Gasteiger partial charge on any atom is -0.494 e. The predicted molar refractivity (Wildman–Crippen MR) is 102 cm³/mol. The summed E-state index contributed by atoms with van der Waals surface area (Å²) >= 11 is 1.48. The van der Waals surface area contributed by atoms with Crippen molar-refractivity contribution in [3.8, 4) is 17.2 Å². The molecule has 140 valence electrons. The highest BCUT2D eigenvalue weighted by atomic mass is 32.1. The number of carbonyl (C=O) groups excluding carboxylic acids is 1. The lowest BCUT2D eigenvalue weighted by atomic mass is 10.1. The SMILES string of the molecule is CCOc1ccc2sc(N[C@H]3OC(=O)c4c3ccc(OC)c4OC)nc2c1. The van der Waals surface area contributed by atoms with Crippen molar-refractivity contribution < 1.29 is 23.7 Å². The Kier molecular flexibility index (Phi) is 4.49. The topological polar surface area (TPSA) is 78.9 Å². The van der Waals surface area contributed by atoms with E-state index in [-0.39, 0.29) is 0 Å². The number of carbonyl (C=O) groups is 1. The minimum absolute atomic E-state index is 0.370. The minimum atomic E-state index is -0.640. The number of nitrogens with one attached hydrogen (secondary N) is 1. The van der Waals surface area contributed by atoms with Gasteiger partial charge in [-0.15, -0.1) is 0 Å².